The Bertz CT molecular complexity index is 365. The predicted octanol–water partition coefficient (Wildman–Crippen LogP) is 4.08. The average molecular weight is 256 g/mol. The zero-order valence-corrected chi connectivity index (χ0v) is 11.8. The summed E-state index contributed by atoms with van der Waals surface area (Å²) < 4.78 is 0. The van der Waals surface area contributed by atoms with Crippen LogP contribution in [0.25, 0.3) is 0 Å². The molecule has 0 aromatic heterocycles. The van der Waals surface area contributed by atoms with Gasteiger partial charge in [0.15, 0.2) is 0 Å². The smallest absolute Gasteiger partial charge is 0.120 e. The van der Waals surface area contributed by atoms with Crippen LogP contribution in [0.1, 0.15) is 39.3 Å². The van der Waals surface area contributed by atoms with Crippen molar-refractivity contribution in [1.82, 2.24) is 4.90 Å². The van der Waals surface area contributed by atoms with Gasteiger partial charge in [0, 0.05) is 23.2 Å². The highest BCUT2D eigenvalue weighted by Crippen LogP contribution is 2.31. The standard InChI is InChI=1S/C14H22ClNO/c1-5-16(9-10(2)3)11(4)13-8-12(15)6-7-14(13)17/h6-8,10-11,17H,5,9H2,1-4H3. The number of aromatic hydroxyl groups is 1. The molecule has 96 valence electrons. The molecule has 0 aliphatic carbocycles. The van der Waals surface area contributed by atoms with Crippen molar-refractivity contribution in [3.05, 3.63) is 28.8 Å². The van der Waals surface area contributed by atoms with Crippen LogP contribution < -0.4 is 0 Å². The SMILES string of the molecule is CCN(CC(C)C)C(C)c1cc(Cl)ccc1O. The molecule has 0 saturated heterocycles. The third kappa shape index (κ3) is 3.90. The minimum atomic E-state index is 0.182. The first-order chi connectivity index (χ1) is 7.95. The molecule has 1 aromatic rings. The molecule has 0 radical (unpaired) electrons. The van der Waals surface area contributed by atoms with Gasteiger partial charge in [-0.15, -0.1) is 0 Å². The van der Waals surface area contributed by atoms with E-state index in [4.69, 9.17) is 11.6 Å². The van der Waals surface area contributed by atoms with Crippen molar-refractivity contribution in [2.45, 2.75) is 33.7 Å². The number of phenolic OH excluding ortho intramolecular Hbond substituents is 1. The molecule has 1 aromatic carbocycles. The van der Waals surface area contributed by atoms with Gasteiger partial charge in [0.1, 0.15) is 5.75 Å². The molecule has 0 spiro atoms. The summed E-state index contributed by atoms with van der Waals surface area (Å²) in [5.74, 6) is 0.933. The molecule has 1 N–H and O–H groups in total. The molecule has 0 amide bonds. The summed E-state index contributed by atoms with van der Waals surface area (Å²) in [6, 6.07) is 5.41. The summed E-state index contributed by atoms with van der Waals surface area (Å²) in [6.45, 7) is 10.6. The van der Waals surface area contributed by atoms with Gasteiger partial charge < -0.3 is 5.11 Å². The van der Waals surface area contributed by atoms with Crippen molar-refractivity contribution in [2.75, 3.05) is 13.1 Å². The number of hydrogen-bond acceptors (Lipinski definition) is 2. The molecule has 1 unspecified atom stereocenters. The highest BCUT2D eigenvalue weighted by molar-refractivity contribution is 6.30. The van der Waals surface area contributed by atoms with Crippen LogP contribution in [0.3, 0.4) is 0 Å². The molecule has 3 heteroatoms. The fourth-order valence-electron chi connectivity index (χ4n) is 2.09. The number of halogens is 1. The fraction of sp³-hybridized carbons (Fsp3) is 0.571. The van der Waals surface area contributed by atoms with E-state index in [-0.39, 0.29) is 6.04 Å². The lowest BCUT2D eigenvalue weighted by atomic mass is 10.0. The first-order valence-corrected chi connectivity index (χ1v) is 6.56. The average Bonchev–Trinajstić information content (AvgIpc) is 2.28. The van der Waals surface area contributed by atoms with E-state index < -0.39 is 0 Å². The van der Waals surface area contributed by atoms with Gasteiger partial charge in [-0.1, -0.05) is 32.4 Å². The van der Waals surface area contributed by atoms with E-state index >= 15 is 0 Å². The third-order valence-electron chi connectivity index (χ3n) is 2.99. The van der Waals surface area contributed by atoms with E-state index in [1.807, 2.05) is 6.07 Å². The van der Waals surface area contributed by atoms with Gasteiger partial charge in [0.05, 0.1) is 0 Å². The highest BCUT2D eigenvalue weighted by atomic mass is 35.5. The molecule has 0 aliphatic heterocycles. The van der Waals surface area contributed by atoms with Crippen LogP contribution in [-0.2, 0) is 0 Å². The maximum absolute atomic E-state index is 9.90. The van der Waals surface area contributed by atoms with Crippen LogP contribution in [0.15, 0.2) is 18.2 Å². The van der Waals surface area contributed by atoms with Gasteiger partial charge in [0.2, 0.25) is 0 Å². The minimum Gasteiger partial charge on any atom is -0.508 e. The van der Waals surface area contributed by atoms with E-state index in [9.17, 15) is 5.11 Å². The highest BCUT2D eigenvalue weighted by Gasteiger charge is 2.18. The molecule has 0 saturated carbocycles. The van der Waals surface area contributed by atoms with Crippen molar-refractivity contribution < 1.29 is 5.11 Å². The lowest BCUT2D eigenvalue weighted by Gasteiger charge is -2.30. The Kier molecular flexibility index (Phi) is 5.29. The molecule has 17 heavy (non-hydrogen) atoms. The molecule has 1 rings (SSSR count). The van der Waals surface area contributed by atoms with Crippen LogP contribution >= 0.6 is 11.6 Å². The first-order valence-electron chi connectivity index (χ1n) is 6.18. The summed E-state index contributed by atoms with van der Waals surface area (Å²) in [5.41, 5.74) is 0.903. The maximum atomic E-state index is 9.90. The molecule has 2 nitrogen and oxygen atoms in total. The third-order valence-corrected chi connectivity index (χ3v) is 3.23. The second kappa shape index (κ2) is 6.27. The maximum Gasteiger partial charge on any atom is 0.120 e. The van der Waals surface area contributed by atoms with Crippen molar-refractivity contribution in [3.8, 4) is 5.75 Å². The number of rotatable bonds is 5. The Morgan fingerprint density at radius 2 is 1.94 bits per heavy atom. The summed E-state index contributed by atoms with van der Waals surface area (Å²) in [5, 5.41) is 10.6. The Balaban J connectivity index is 2.92. The number of phenols is 1. The molecule has 1 atom stereocenters. The number of nitrogens with zero attached hydrogens (tertiary/aromatic N) is 1. The number of benzene rings is 1. The van der Waals surface area contributed by atoms with Gasteiger partial charge >= 0.3 is 0 Å². The predicted molar refractivity (Wildman–Crippen MR) is 73.6 cm³/mol. The van der Waals surface area contributed by atoms with E-state index in [0.717, 1.165) is 18.7 Å². The Labute approximate surface area is 109 Å². The van der Waals surface area contributed by atoms with E-state index in [1.165, 1.54) is 0 Å². The van der Waals surface area contributed by atoms with Crippen LogP contribution in [0.4, 0.5) is 0 Å². The lowest BCUT2D eigenvalue weighted by Crippen LogP contribution is -2.30. The van der Waals surface area contributed by atoms with Crippen molar-refractivity contribution in [2.24, 2.45) is 5.92 Å². The van der Waals surface area contributed by atoms with Crippen molar-refractivity contribution >= 4 is 11.6 Å². The summed E-state index contributed by atoms with van der Waals surface area (Å²) in [4.78, 5) is 2.34. The Morgan fingerprint density at radius 1 is 1.29 bits per heavy atom. The molecule has 0 aliphatic rings. The molecule has 0 heterocycles. The second-order valence-electron chi connectivity index (χ2n) is 4.86. The molecule has 0 bridgehead atoms. The van der Waals surface area contributed by atoms with Gasteiger partial charge in [-0.25, -0.2) is 0 Å². The zero-order chi connectivity index (χ0) is 13.0. The normalized spacial score (nSPS) is 13.4. The zero-order valence-electron chi connectivity index (χ0n) is 11.1. The van der Waals surface area contributed by atoms with Crippen molar-refractivity contribution in [3.63, 3.8) is 0 Å². The summed E-state index contributed by atoms with van der Waals surface area (Å²) in [6.07, 6.45) is 0. The van der Waals surface area contributed by atoms with Crippen LogP contribution in [0.2, 0.25) is 5.02 Å². The van der Waals surface area contributed by atoms with Gasteiger partial charge in [0.25, 0.3) is 0 Å². The topological polar surface area (TPSA) is 23.5 Å². The lowest BCUT2D eigenvalue weighted by molar-refractivity contribution is 0.194. The number of hydrogen-bond donors (Lipinski definition) is 1. The minimum absolute atomic E-state index is 0.182. The van der Waals surface area contributed by atoms with Gasteiger partial charge in [-0.3, -0.25) is 4.90 Å². The van der Waals surface area contributed by atoms with E-state index in [0.29, 0.717) is 16.7 Å². The largest absolute Gasteiger partial charge is 0.508 e. The quantitative estimate of drug-likeness (QED) is 0.857. The Morgan fingerprint density at radius 3 is 2.47 bits per heavy atom. The van der Waals surface area contributed by atoms with E-state index in [2.05, 4.69) is 32.6 Å². The van der Waals surface area contributed by atoms with Gasteiger partial charge in [-0.05, 0) is 37.6 Å². The Hall–Kier alpha value is -0.730. The molecular formula is C14H22ClNO. The van der Waals surface area contributed by atoms with Crippen LogP contribution in [0, 0.1) is 5.92 Å². The summed E-state index contributed by atoms with van der Waals surface area (Å²) in [7, 11) is 0. The van der Waals surface area contributed by atoms with E-state index in [1.54, 1.807) is 12.1 Å². The van der Waals surface area contributed by atoms with Gasteiger partial charge in [-0.2, -0.15) is 0 Å². The second-order valence-corrected chi connectivity index (χ2v) is 5.30. The molecule has 0 fully saturated rings. The van der Waals surface area contributed by atoms with Crippen molar-refractivity contribution in [1.29, 1.82) is 0 Å². The first kappa shape index (κ1) is 14.3. The fourth-order valence-corrected chi connectivity index (χ4v) is 2.27. The van der Waals surface area contributed by atoms with Crippen LogP contribution in [-0.4, -0.2) is 23.1 Å². The molecular weight excluding hydrogens is 234 g/mol. The van der Waals surface area contributed by atoms with Crippen LogP contribution in [0.5, 0.6) is 5.75 Å². The monoisotopic (exact) mass is 255 g/mol. The summed E-state index contributed by atoms with van der Waals surface area (Å²) >= 11 is 5.98.